The molecule has 6 heteroatoms. The molecule has 2 unspecified atom stereocenters. The number of aromatic amines is 1. The standard InChI is InChI=1S/C13H19N3O3/c1-2-9-3-13(17)15-12(14-9)6-16-4-10-7-18-8-11(5-16)19-10/h3,10-11H,2,4-8H2,1H3,(H,14,15,17). The van der Waals surface area contributed by atoms with Gasteiger partial charge >= 0.3 is 0 Å². The summed E-state index contributed by atoms with van der Waals surface area (Å²) in [5.41, 5.74) is 0.772. The van der Waals surface area contributed by atoms with Crippen LogP contribution in [0.4, 0.5) is 0 Å². The second-order valence-corrected chi connectivity index (χ2v) is 5.15. The highest BCUT2D eigenvalue weighted by molar-refractivity contribution is 5.02. The molecule has 19 heavy (non-hydrogen) atoms. The molecule has 0 radical (unpaired) electrons. The van der Waals surface area contributed by atoms with Crippen molar-refractivity contribution in [3.8, 4) is 0 Å². The summed E-state index contributed by atoms with van der Waals surface area (Å²) in [5, 5.41) is 0. The molecule has 2 atom stereocenters. The number of fused-ring (bicyclic) bond motifs is 2. The summed E-state index contributed by atoms with van der Waals surface area (Å²) in [5.74, 6) is 0.741. The first-order valence-electron chi connectivity index (χ1n) is 6.77. The van der Waals surface area contributed by atoms with Crippen molar-refractivity contribution in [1.29, 1.82) is 0 Å². The van der Waals surface area contributed by atoms with Crippen molar-refractivity contribution < 1.29 is 9.47 Å². The van der Waals surface area contributed by atoms with Crippen molar-refractivity contribution in [3.63, 3.8) is 0 Å². The zero-order chi connectivity index (χ0) is 13.2. The fraction of sp³-hybridized carbons (Fsp3) is 0.692. The normalized spacial score (nSPS) is 27.4. The molecular formula is C13H19N3O3. The minimum atomic E-state index is -0.0707. The molecule has 104 valence electrons. The van der Waals surface area contributed by atoms with Crippen LogP contribution in [-0.2, 0) is 22.4 Å². The molecule has 2 fully saturated rings. The first-order chi connectivity index (χ1) is 9.22. The number of nitrogens with one attached hydrogen (secondary N) is 1. The van der Waals surface area contributed by atoms with E-state index in [0.29, 0.717) is 19.8 Å². The zero-order valence-electron chi connectivity index (χ0n) is 11.1. The predicted molar refractivity (Wildman–Crippen MR) is 69.0 cm³/mol. The van der Waals surface area contributed by atoms with E-state index in [1.165, 1.54) is 0 Å². The Morgan fingerprint density at radius 1 is 1.42 bits per heavy atom. The van der Waals surface area contributed by atoms with Gasteiger partial charge in [-0.2, -0.15) is 0 Å². The molecule has 2 aliphatic heterocycles. The SMILES string of the molecule is CCc1cc(=O)[nH]c(CN2CC3COCC(C2)O3)n1. The van der Waals surface area contributed by atoms with Crippen LogP contribution in [0, 0.1) is 0 Å². The van der Waals surface area contributed by atoms with E-state index in [1.54, 1.807) is 6.07 Å². The number of nitrogens with zero attached hydrogens (tertiary/aromatic N) is 2. The molecule has 3 heterocycles. The molecule has 2 bridgehead atoms. The van der Waals surface area contributed by atoms with Gasteiger partial charge in [-0.15, -0.1) is 0 Å². The first kappa shape index (κ1) is 12.8. The van der Waals surface area contributed by atoms with Gasteiger partial charge in [0.05, 0.1) is 32.0 Å². The van der Waals surface area contributed by atoms with Crippen LogP contribution in [-0.4, -0.2) is 53.4 Å². The lowest BCUT2D eigenvalue weighted by molar-refractivity contribution is -0.180. The summed E-state index contributed by atoms with van der Waals surface area (Å²) in [6.45, 7) is 5.65. The molecule has 6 nitrogen and oxygen atoms in total. The monoisotopic (exact) mass is 265 g/mol. The van der Waals surface area contributed by atoms with Crippen molar-refractivity contribution in [1.82, 2.24) is 14.9 Å². The third kappa shape index (κ3) is 3.02. The molecule has 1 aromatic rings. The topological polar surface area (TPSA) is 67.5 Å². The predicted octanol–water partition coefficient (Wildman–Crippen LogP) is -0.0681. The molecular weight excluding hydrogens is 246 g/mol. The van der Waals surface area contributed by atoms with Gasteiger partial charge in [-0.25, -0.2) is 4.98 Å². The van der Waals surface area contributed by atoms with E-state index in [4.69, 9.17) is 9.47 Å². The first-order valence-corrected chi connectivity index (χ1v) is 6.77. The van der Waals surface area contributed by atoms with E-state index in [-0.39, 0.29) is 17.8 Å². The third-order valence-corrected chi connectivity index (χ3v) is 3.50. The smallest absolute Gasteiger partial charge is 0.251 e. The summed E-state index contributed by atoms with van der Waals surface area (Å²) in [7, 11) is 0. The third-order valence-electron chi connectivity index (χ3n) is 3.50. The van der Waals surface area contributed by atoms with Gasteiger partial charge in [-0.1, -0.05) is 6.92 Å². The average molecular weight is 265 g/mol. The van der Waals surface area contributed by atoms with E-state index in [0.717, 1.165) is 31.0 Å². The summed E-state index contributed by atoms with van der Waals surface area (Å²) in [6.07, 6.45) is 1.07. The van der Waals surface area contributed by atoms with Gasteiger partial charge in [-0.05, 0) is 6.42 Å². The van der Waals surface area contributed by atoms with Crippen molar-refractivity contribution >= 4 is 0 Å². The van der Waals surface area contributed by atoms with Crippen LogP contribution in [0.5, 0.6) is 0 Å². The maximum Gasteiger partial charge on any atom is 0.251 e. The lowest BCUT2D eigenvalue weighted by Crippen LogP contribution is -2.53. The van der Waals surface area contributed by atoms with Gasteiger partial charge in [0.1, 0.15) is 5.82 Å². The molecule has 1 aromatic heterocycles. The van der Waals surface area contributed by atoms with Crippen LogP contribution >= 0.6 is 0 Å². The number of aromatic nitrogens is 2. The number of hydrogen-bond acceptors (Lipinski definition) is 5. The summed E-state index contributed by atoms with van der Waals surface area (Å²) < 4.78 is 11.3. The van der Waals surface area contributed by atoms with E-state index in [1.807, 2.05) is 6.92 Å². The Hall–Kier alpha value is -1.24. The van der Waals surface area contributed by atoms with Gasteiger partial charge in [0.15, 0.2) is 0 Å². The van der Waals surface area contributed by atoms with Gasteiger partial charge in [-0.3, -0.25) is 9.69 Å². The number of H-pyrrole nitrogens is 1. The average Bonchev–Trinajstić information content (AvgIpc) is 2.37. The second kappa shape index (κ2) is 5.40. The van der Waals surface area contributed by atoms with Gasteiger partial charge < -0.3 is 14.5 Å². The van der Waals surface area contributed by atoms with Crippen LogP contribution in [0.3, 0.4) is 0 Å². The van der Waals surface area contributed by atoms with Crippen LogP contribution in [0.2, 0.25) is 0 Å². The van der Waals surface area contributed by atoms with Gasteiger partial charge in [0.25, 0.3) is 5.56 Å². The van der Waals surface area contributed by atoms with E-state index < -0.39 is 0 Å². The number of morpholine rings is 1. The van der Waals surface area contributed by atoms with Crippen molar-refractivity contribution in [3.05, 3.63) is 27.9 Å². The Bertz CT molecular complexity index is 490. The Morgan fingerprint density at radius 2 is 2.16 bits per heavy atom. The van der Waals surface area contributed by atoms with Crippen LogP contribution < -0.4 is 5.56 Å². The molecule has 2 aliphatic rings. The number of rotatable bonds is 3. The number of ether oxygens (including phenoxy) is 2. The summed E-state index contributed by atoms with van der Waals surface area (Å²) in [4.78, 5) is 21.1. The molecule has 3 rings (SSSR count). The lowest BCUT2D eigenvalue weighted by atomic mass is 10.2. The second-order valence-electron chi connectivity index (χ2n) is 5.15. The van der Waals surface area contributed by atoms with Crippen molar-refractivity contribution in [2.24, 2.45) is 0 Å². The van der Waals surface area contributed by atoms with E-state index in [2.05, 4.69) is 14.9 Å². The summed E-state index contributed by atoms with van der Waals surface area (Å²) >= 11 is 0. The fourth-order valence-corrected chi connectivity index (χ4v) is 2.68. The quantitative estimate of drug-likeness (QED) is 0.829. The Balaban J connectivity index is 1.71. The molecule has 0 saturated carbocycles. The fourth-order valence-electron chi connectivity index (χ4n) is 2.68. The Kier molecular flexibility index (Phi) is 3.63. The van der Waals surface area contributed by atoms with E-state index in [9.17, 15) is 4.79 Å². The summed E-state index contributed by atoms with van der Waals surface area (Å²) in [6, 6.07) is 1.56. The Labute approximate surface area is 111 Å². The van der Waals surface area contributed by atoms with Gasteiger partial charge in [0, 0.05) is 24.8 Å². The minimum absolute atomic E-state index is 0.0707. The molecule has 2 saturated heterocycles. The number of hydrogen-bond donors (Lipinski definition) is 1. The molecule has 0 aliphatic carbocycles. The zero-order valence-corrected chi connectivity index (χ0v) is 11.1. The van der Waals surface area contributed by atoms with Crippen molar-refractivity contribution in [2.75, 3.05) is 26.3 Å². The molecule has 0 aromatic carbocycles. The highest BCUT2D eigenvalue weighted by atomic mass is 16.6. The van der Waals surface area contributed by atoms with E-state index >= 15 is 0 Å². The molecule has 1 N–H and O–H groups in total. The van der Waals surface area contributed by atoms with Crippen molar-refractivity contribution in [2.45, 2.75) is 32.1 Å². The minimum Gasteiger partial charge on any atom is -0.376 e. The largest absolute Gasteiger partial charge is 0.376 e. The number of aryl methyl sites for hydroxylation is 1. The maximum atomic E-state index is 11.5. The highest BCUT2D eigenvalue weighted by Gasteiger charge is 2.31. The molecule has 0 spiro atoms. The van der Waals surface area contributed by atoms with Crippen LogP contribution in [0.15, 0.2) is 10.9 Å². The van der Waals surface area contributed by atoms with Crippen LogP contribution in [0.1, 0.15) is 18.4 Å². The molecule has 0 amide bonds. The Morgan fingerprint density at radius 3 is 2.84 bits per heavy atom. The van der Waals surface area contributed by atoms with Crippen LogP contribution in [0.25, 0.3) is 0 Å². The highest BCUT2D eigenvalue weighted by Crippen LogP contribution is 2.17. The lowest BCUT2D eigenvalue weighted by Gasteiger charge is -2.41. The maximum absolute atomic E-state index is 11.5. The van der Waals surface area contributed by atoms with Gasteiger partial charge in [0.2, 0.25) is 0 Å².